The lowest BCUT2D eigenvalue weighted by atomic mass is 9.91. The van der Waals surface area contributed by atoms with Crippen molar-refractivity contribution in [3.05, 3.63) is 57.5 Å². The van der Waals surface area contributed by atoms with E-state index in [1.807, 2.05) is 28.6 Å². The first-order valence-corrected chi connectivity index (χ1v) is 11.1. The quantitative estimate of drug-likeness (QED) is 0.732. The highest BCUT2D eigenvalue weighted by Crippen LogP contribution is 2.28. The number of pyridine rings is 1. The molecule has 1 N–H and O–H groups in total. The van der Waals surface area contributed by atoms with Gasteiger partial charge in [-0.1, -0.05) is 31.4 Å². The summed E-state index contributed by atoms with van der Waals surface area (Å²) in [7, 11) is 1.93. The van der Waals surface area contributed by atoms with Gasteiger partial charge in [-0.25, -0.2) is 0 Å². The van der Waals surface area contributed by atoms with Crippen molar-refractivity contribution in [2.24, 2.45) is 7.05 Å². The number of hydrogen-bond acceptors (Lipinski definition) is 3. The normalized spacial score (nSPS) is 17.6. The van der Waals surface area contributed by atoms with E-state index in [1.54, 1.807) is 0 Å². The van der Waals surface area contributed by atoms with Crippen molar-refractivity contribution in [1.29, 1.82) is 0 Å². The molecular weight excluding hydrogens is 360 g/mol. The number of aromatic nitrogens is 3. The number of rotatable bonds is 4. The SMILES string of the molecule is Cn1ncc2c3c(c(=O)n(-c4cccc(CNC5CCCCC5)c4)c21)CCCC3. The summed E-state index contributed by atoms with van der Waals surface area (Å²) in [6.07, 6.45) is 12.6. The first-order valence-electron chi connectivity index (χ1n) is 11.1. The Morgan fingerprint density at radius 2 is 1.86 bits per heavy atom. The fourth-order valence-corrected chi connectivity index (χ4v) is 5.19. The van der Waals surface area contributed by atoms with Gasteiger partial charge in [0.05, 0.1) is 11.9 Å². The van der Waals surface area contributed by atoms with Crippen LogP contribution in [-0.2, 0) is 26.4 Å². The van der Waals surface area contributed by atoms with Gasteiger partial charge in [-0.05, 0) is 61.8 Å². The summed E-state index contributed by atoms with van der Waals surface area (Å²) in [6.45, 7) is 0.854. The highest BCUT2D eigenvalue weighted by molar-refractivity contribution is 5.82. The largest absolute Gasteiger partial charge is 0.310 e. The second-order valence-electron chi connectivity index (χ2n) is 8.70. The number of aryl methyl sites for hydroxylation is 2. The molecule has 0 atom stereocenters. The van der Waals surface area contributed by atoms with Crippen molar-refractivity contribution in [2.45, 2.75) is 70.4 Å². The minimum atomic E-state index is 0.133. The van der Waals surface area contributed by atoms with Gasteiger partial charge >= 0.3 is 0 Å². The topological polar surface area (TPSA) is 51.9 Å². The highest BCUT2D eigenvalue weighted by atomic mass is 16.1. The van der Waals surface area contributed by atoms with E-state index in [4.69, 9.17) is 0 Å². The first-order chi connectivity index (χ1) is 14.2. The lowest BCUT2D eigenvalue weighted by molar-refractivity contribution is 0.372. The van der Waals surface area contributed by atoms with Crippen molar-refractivity contribution in [3.8, 4) is 5.69 Å². The lowest BCUT2D eigenvalue weighted by Gasteiger charge is -2.23. The second-order valence-corrected chi connectivity index (χ2v) is 8.70. The van der Waals surface area contributed by atoms with Gasteiger partial charge in [-0.15, -0.1) is 0 Å². The van der Waals surface area contributed by atoms with Crippen LogP contribution < -0.4 is 10.9 Å². The van der Waals surface area contributed by atoms with Gasteiger partial charge in [0.25, 0.3) is 5.56 Å². The van der Waals surface area contributed by atoms with Crippen LogP contribution in [0.4, 0.5) is 0 Å². The average molecular weight is 391 g/mol. The summed E-state index contributed by atoms with van der Waals surface area (Å²) in [6, 6.07) is 9.07. The maximum absolute atomic E-state index is 13.5. The summed E-state index contributed by atoms with van der Waals surface area (Å²) < 4.78 is 3.73. The zero-order valence-electron chi connectivity index (χ0n) is 17.3. The molecule has 0 bridgehead atoms. The van der Waals surface area contributed by atoms with Crippen LogP contribution in [0.2, 0.25) is 0 Å². The molecule has 5 nitrogen and oxygen atoms in total. The zero-order valence-corrected chi connectivity index (χ0v) is 17.3. The molecular formula is C24H30N4O. The van der Waals surface area contributed by atoms with E-state index in [0.717, 1.165) is 54.5 Å². The van der Waals surface area contributed by atoms with E-state index in [9.17, 15) is 4.79 Å². The number of nitrogens with one attached hydrogen (secondary N) is 1. The Hall–Kier alpha value is -2.40. The van der Waals surface area contributed by atoms with Gasteiger partial charge in [0.2, 0.25) is 0 Å². The van der Waals surface area contributed by atoms with Crippen LogP contribution in [-0.4, -0.2) is 20.4 Å². The molecule has 3 aromatic rings. The molecule has 0 radical (unpaired) electrons. The van der Waals surface area contributed by atoms with Crippen molar-refractivity contribution in [1.82, 2.24) is 19.7 Å². The molecule has 5 rings (SSSR count). The Bertz CT molecular complexity index is 1090. The van der Waals surface area contributed by atoms with Crippen molar-refractivity contribution >= 4 is 11.0 Å². The molecule has 0 saturated heterocycles. The van der Waals surface area contributed by atoms with Crippen LogP contribution >= 0.6 is 0 Å². The van der Waals surface area contributed by atoms with Crippen molar-refractivity contribution in [3.63, 3.8) is 0 Å². The van der Waals surface area contributed by atoms with Gasteiger partial charge in [0.1, 0.15) is 5.65 Å². The van der Waals surface area contributed by atoms with E-state index in [0.29, 0.717) is 6.04 Å². The summed E-state index contributed by atoms with van der Waals surface area (Å²) in [4.78, 5) is 13.5. The van der Waals surface area contributed by atoms with Crippen LogP contribution in [0, 0.1) is 0 Å². The second kappa shape index (κ2) is 7.79. The summed E-state index contributed by atoms with van der Waals surface area (Å²) in [5, 5.41) is 9.35. The predicted octanol–water partition coefficient (Wildman–Crippen LogP) is 4.03. The molecule has 5 heteroatoms. The Balaban J connectivity index is 1.55. The summed E-state index contributed by atoms with van der Waals surface area (Å²) >= 11 is 0. The third-order valence-electron chi connectivity index (χ3n) is 6.74. The van der Waals surface area contributed by atoms with Crippen LogP contribution in [0.15, 0.2) is 35.3 Å². The zero-order chi connectivity index (χ0) is 19.8. The third-order valence-corrected chi connectivity index (χ3v) is 6.74. The molecule has 1 saturated carbocycles. The Morgan fingerprint density at radius 3 is 2.69 bits per heavy atom. The molecule has 0 spiro atoms. The van der Waals surface area contributed by atoms with Crippen molar-refractivity contribution < 1.29 is 0 Å². The van der Waals surface area contributed by atoms with Gasteiger partial charge in [0.15, 0.2) is 0 Å². The average Bonchev–Trinajstić information content (AvgIpc) is 3.15. The summed E-state index contributed by atoms with van der Waals surface area (Å²) in [5.41, 5.74) is 5.42. The minimum Gasteiger partial charge on any atom is -0.310 e. The fraction of sp³-hybridized carbons (Fsp3) is 0.500. The van der Waals surface area contributed by atoms with Gasteiger partial charge < -0.3 is 5.32 Å². The van der Waals surface area contributed by atoms with E-state index >= 15 is 0 Å². The minimum absolute atomic E-state index is 0.133. The van der Waals surface area contributed by atoms with E-state index in [2.05, 4.69) is 28.6 Å². The first kappa shape index (κ1) is 18.6. The highest BCUT2D eigenvalue weighted by Gasteiger charge is 2.22. The fourth-order valence-electron chi connectivity index (χ4n) is 5.19. The van der Waals surface area contributed by atoms with Crippen LogP contribution in [0.25, 0.3) is 16.7 Å². The Morgan fingerprint density at radius 1 is 1.07 bits per heavy atom. The molecule has 0 unspecified atom stereocenters. The lowest BCUT2D eigenvalue weighted by Crippen LogP contribution is -2.30. The molecule has 2 aromatic heterocycles. The monoisotopic (exact) mass is 390 g/mol. The van der Waals surface area contributed by atoms with Gasteiger partial charge in [-0.2, -0.15) is 5.10 Å². The van der Waals surface area contributed by atoms with Gasteiger partial charge in [-0.3, -0.25) is 14.0 Å². The molecule has 2 aliphatic carbocycles. The standard InChI is InChI=1S/C24H30N4O/c1-27-23-22(16-26-27)20-12-5-6-13-21(20)24(29)28(23)19-11-7-8-17(14-19)15-25-18-9-3-2-4-10-18/h7-8,11,14,16,18,25H,2-6,9-10,12-13,15H2,1H3. The smallest absolute Gasteiger partial charge is 0.260 e. The van der Waals surface area contributed by atoms with E-state index in [-0.39, 0.29) is 5.56 Å². The number of hydrogen-bond donors (Lipinski definition) is 1. The molecule has 2 aliphatic rings. The third kappa shape index (κ3) is 3.42. The van der Waals surface area contributed by atoms with Crippen LogP contribution in [0.3, 0.4) is 0 Å². The molecule has 2 heterocycles. The number of nitrogens with zero attached hydrogens (tertiary/aromatic N) is 3. The van der Waals surface area contributed by atoms with Crippen LogP contribution in [0.1, 0.15) is 61.6 Å². The summed E-state index contributed by atoms with van der Waals surface area (Å²) in [5.74, 6) is 0. The molecule has 1 aromatic carbocycles. The molecule has 29 heavy (non-hydrogen) atoms. The maximum Gasteiger partial charge on any atom is 0.260 e. The maximum atomic E-state index is 13.5. The molecule has 0 aliphatic heterocycles. The van der Waals surface area contributed by atoms with E-state index in [1.165, 1.54) is 43.2 Å². The molecule has 0 amide bonds. The molecule has 1 fully saturated rings. The van der Waals surface area contributed by atoms with E-state index < -0.39 is 0 Å². The van der Waals surface area contributed by atoms with Crippen LogP contribution in [0.5, 0.6) is 0 Å². The van der Waals surface area contributed by atoms with Gasteiger partial charge in [0, 0.05) is 30.6 Å². The number of benzene rings is 1. The number of fused-ring (bicyclic) bond motifs is 3. The Kier molecular flexibility index (Phi) is 5.00. The predicted molar refractivity (Wildman–Crippen MR) is 117 cm³/mol. The van der Waals surface area contributed by atoms with Crippen molar-refractivity contribution in [2.75, 3.05) is 0 Å². The Labute approximate surface area is 171 Å². The molecule has 152 valence electrons.